The fourth-order valence-corrected chi connectivity index (χ4v) is 1.43. The van der Waals surface area contributed by atoms with Crippen molar-refractivity contribution in [3.8, 4) is 11.4 Å². The van der Waals surface area contributed by atoms with Crippen LogP contribution in [0.1, 0.15) is 25.5 Å². The Hall–Kier alpha value is -1.97. The highest BCUT2D eigenvalue weighted by Crippen LogP contribution is 2.16. The summed E-state index contributed by atoms with van der Waals surface area (Å²) in [7, 11) is 0. The van der Waals surface area contributed by atoms with E-state index in [1.165, 1.54) is 0 Å². The number of nitrogens with one attached hydrogen (secondary N) is 1. The molecular weight excluding hydrogens is 202 g/mol. The molecule has 4 heteroatoms. The smallest absolute Gasteiger partial charge is 0.310 e. The first kappa shape index (κ1) is 10.5. The van der Waals surface area contributed by atoms with Gasteiger partial charge in [-0.3, -0.25) is 4.98 Å². The van der Waals surface area contributed by atoms with E-state index in [-0.39, 0.29) is 11.6 Å². The molecule has 0 amide bonds. The van der Waals surface area contributed by atoms with Crippen molar-refractivity contribution < 1.29 is 0 Å². The number of rotatable bonds is 2. The number of pyridine rings is 1. The van der Waals surface area contributed by atoms with Gasteiger partial charge in [0.2, 0.25) is 0 Å². The Morgan fingerprint density at radius 2 is 2.06 bits per heavy atom. The number of hydrogen-bond donors (Lipinski definition) is 1. The zero-order chi connectivity index (χ0) is 11.5. The van der Waals surface area contributed by atoms with Gasteiger partial charge in [0.1, 0.15) is 0 Å². The number of H-pyrrole nitrogens is 1. The molecule has 4 nitrogen and oxygen atoms in total. The average molecular weight is 215 g/mol. The Bertz CT molecular complexity index is 531. The van der Waals surface area contributed by atoms with Gasteiger partial charge in [0, 0.05) is 11.9 Å². The van der Waals surface area contributed by atoms with Crippen LogP contribution in [0.3, 0.4) is 0 Å². The molecule has 0 aliphatic carbocycles. The van der Waals surface area contributed by atoms with Gasteiger partial charge in [-0.15, -0.1) is 0 Å². The van der Waals surface area contributed by atoms with Gasteiger partial charge in [0.05, 0.1) is 11.4 Å². The monoisotopic (exact) mass is 215 g/mol. The van der Waals surface area contributed by atoms with Gasteiger partial charge in [0.15, 0.2) is 0 Å². The molecule has 16 heavy (non-hydrogen) atoms. The van der Waals surface area contributed by atoms with Crippen LogP contribution in [-0.4, -0.2) is 15.0 Å². The van der Waals surface area contributed by atoms with Crippen LogP contribution < -0.4 is 5.69 Å². The predicted octanol–water partition coefficient (Wildman–Crippen LogP) is 1.96. The first-order valence-electron chi connectivity index (χ1n) is 5.19. The molecule has 2 heterocycles. The van der Waals surface area contributed by atoms with Crippen LogP contribution in [0.4, 0.5) is 0 Å². The quantitative estimate of drug-likeness (QED) is 0.833. The summed E-state index contributed by atoms with van der Waals surface area (Å²) >= 11 is 0. The molecule has 2 aromatic rings. The maximum absolute atomic E-state index is 11.4. The Morgan fingerprint density at radius 3 is 2.69 bits per heavy atom. The lowest BCUT2D eigenvalue weighted by molar-refractivity contribution is 0.803. The van der Waals surface area contributed by atoms with Crippen molar-refractivity contribution in [1.29, 1.82) is 0 Å². The van der Waals surface area contributed by atoms with E-state index in [2.05, 4.69) is 15.0 Å². The second-order valence-corrected chi connectivity index (χ2v) is 3.90. The Morgan fingerprint density at radius 1 is 1.25 bits per heavy atom. The molecule has 0 aliphatic heterocycles. The summed E-state index contributed by atoms with van der Waals surface area (Å²) in [5, 5.41) is 0. The molecule has 2 rings (SSSR count). The molecule has 1 N–H and O–H groups in total. The summed E-state index contributed by atoms with van der Waals surface area (Å²) in [6, 6.07) is 7.42. The standard InChI is InChI=1S/C12H13N3O/c1-8(2)10-7-11(15-12(16)14-10)9-5-3-4-6-13-9/h3-8H,1-2H3,(H,14,15,16). The number of nitrogens with zero attached hydrogens (tertiary/aromatic N) is 2. The van der Waals surface area contributed by atoms with Gasteiger partial charge in [-0.05, 0) is 24.1 Å². The van der Waals surface area contributed by atoms with Gasteiger partial charge in [0.25, 0.3) is 0 Å². The third kappa shape index (κ3) is 2.16. The molecule has 82 valence electrons. The molecule has 0 saturated carbocycles. The van der Waals surface area contributed by atoms with Gasteiger partial charge in [-0.25, -0.2) is 4.79 Å². The Balaban J connectivity index is 2.54. The normalized spacial score (nSPS) is 10.7. The highest BCUT2D eigenvalue weighted by atomic mass is 16.1. The summed E-state index contributed by atoms with van der Waals surface area (Å²) in [4.78, 5) is 22.2. The number of hydrogen-bond acceptors (Lipinski definition) is 3. The molecule has 0 bridgehead atoms. The average Bonchev–Trinajstić information content (AvgIpc) is 2.29. The molecule has 0 spiro atoms. The predicted molar refractivity (Wildman–Crippen MR) is 62.2 cm³/mol. The third-order valence-electron chi connectivity index (χ3n) is 2.31. The van der Waals surface area contributed by atoms with E-state index in [9.17, 15) is 4.79 Å². The molecule has 0 unspecified atom stereocenters. The highest BCUT2D eigenvalue weighted by molar-refractivity contribution is 5.53. The Labute approximate surface area is 93.4 Å². The maximum Gasteiger partial charge on any atom is 0.345 e. The van der Waals surface area contributed by atoms with Crippen LogP contribution in [0.25, 0.3) is 11.4 Å². The minimum atomic E-state index is -0.327. The summed E-state index contributed by atoms with van der Waals surface area (Å²) in [6.45, 7) is 4.04. The van der Waals surface area contributed by atoms with Crippen LogP contribution in [0.15, 0.2) is 35.3 Å². The largest absolute Gasteiger partial charge is 0.345 e. The summed E-state index contributed by atoms with van der Waals surface area (Å²) < 4.78 is 0. The van der Waals surface area contributed by atoms with Crippen LogP contribution in [0.2, 0.25) is 0 Å². The van der Waals surface area contributed by atoms with E-state index < -0.39 is 0 Å². The zero-order valence-electron chi connectivity index (χ0n) is 9.27. The second-order valence-electron chi connectivity index (χ2n) is 3.90. The summed E-state index contributed by atoms with van der Waals surface area (Å²) in [5.41, 5.74) is 1.89. The van der Waals surface area contributed by atoms with Gasteiger partial charge < -0.3 is 4.98 Å². The first-order valence-corrected chi connectivity index (χ1v) is 5.19. The van der Waals surface area contributed by atoms with Crippen molar-refractivity contribution in [3.05, 3.63) is 46.6 Å². The Kier molecular flexibility index (Phi) is 2.81. The van der Waals surface area contributed by atoms with Crippen molar-refractivity contribution in [2.24, 2.45) is 0 Å². The summed E-state index contributed by atoms with van der Waals surface area (Å²) in [5.74, 6) is 0.262. The lowest BCUT2D eigenvalue weighted by atomic mass is 10.1. The molecule has 2 aromatic heterocycles. The van der Waals surface area contributed by atoms with Crippen LogP contribution in [0, 0.1) is 0 Å². The SMILES string of the molecule is CC(C)c1cc(-c2ccccn2)nc(=O)[nH]1. The molecule has 0 aromatic carbocycles. The van der Waals surface area contributed by atoms with E-state index in [4.69, 9.17) is 0 Å². The highest BCUT2D eigenvalue weighted by Gasteiger charge is 2.06. The van der Waals surface area contributed by atoms with Crippen LogP contribution in [0.5, 0.6) is 0 Å². The minimum absolute atomic E-state index is 0.262. The fourth-order valence-electron chi connectivity index (χ4n) is 1.43. The topological polar surface area (TPSA) is 58.6 Å². The molecule has 0 atom stereocenters. The first-order chi connectivity index (χ1) is 7.66. The third-order valence-corrected chi connectivity index (χ3v) is 2.31. The van der Waals surface area contributed by atoms with E-state index in [1.807, 2.05) is 38.1 Å². The molecule has 0 radical (unpaired) electrons. The maximum atomic E-state index is 11.4. The van der Waals surface area contributed by atoms with E-state index >= 15 is 0 Å². The second kappa shape index (κ2) is 4.26. The van der Waals surface area contributed by atoms with Crippen molar-refractivity contribution in [1.82, 2.24) is 15.0 Å². The van der Waals surface area contributed by atoms with Gasteiger partial charge in [-0.2, -0.15) is 4.98 Å². The van der Waals surface area contributed by atoms with Crippen molar-refractivity contribution in [2.75, 3.05) is 0 Å². The minimum Gasteiger partial charge on any atom is -0.310 e. The fraction of sp³-hybridized carbons (Fsp3) is 0.250. The van der Waals surface area contributed by atoms with Crippen molar-refractivity contribution >= 4 is 0 Å². The zero-order valence-corrected chi connectivity index (χ0v) is 9.27. The lowest BCUT2D eigenvalue weighted by Gasteiger charge is -2.06. The van der Waals surface area contributed by atoms with E-state index in [1.54, 1.807) is 6.20 Å². The lowest BCUT2D eigenvalue weighted by Crippen LogP contribution is -2.14. The van der Waals surface area contributed by atoms with Crippen molar-refractivity contribution in [2.45, 2.75) is 19.8 Å². The van der Waals surface area contributed by atoms with Crippen molar-refractivity contribution in [3.63, 3.8) is 0 Å². The summed E-state index contributed by atoms with van der Waals surface area (Å²) in [6.07, 6.45) is 1.69. The number of aromatic amines is 1. The number of aromatic nitrogens is 3. The molecule has 0 fully saturated rings. The van der Waals surface area contributed by atoms with Crippen LogP contribution in [-0.2, 0) is 0 Å². The van der Waals surface area contributed by atoms with Gasteiger partial charge in [-0.1, -0.05) is 19.9 Å². The van der Waals surface area contributed by atoms with Crippen LogP contribution >= 0.6 is 0 Å². The van der Waals surface area contributed by atoms with Gasteiger partial charge >= 0.3 is 5.69 Å². The molecule has 0 saturated heterocycles. The van der Waals surface area contributed by atoms with E-state index in [0.717, 1.165) is 11.4 Å². The van der Waals surface area contributed by atoms with E-state index in [0.29, 0.717) is 5.69 Å². The molecular formula is C12H13N3O. The molecule has 0 aliphatic rings.